The average Bonchev–Trinajstić information content (AvgIpc) is 3.16. The van der Waals surface area contributed by atoms with Crippen molar-refractivity contribution >= 4 is 47.4 Å². The lowest BCUT2D eigenvalue weighted by atomic mass is 9.83. The van der Waals surface area contributed by atoms with Crippen molar-refractivity contribution in [3.8, 4) is 23.7 Å². The highest BCUT2D eigenvalue weighted by Gasteiger charge is 2.46. The van der Waals surface area contributed by atoms with E-state index in [1.807, 2.05) is 48.5 Å². The number of hydrogen-bond acceptors (Lipinski definition) is 12. The molecular weight excluding hydrogens is 1160 g/mol. The Balaban J connectivity index is 0.000000788. The van der Waals surface area contributed by atoms with Gasteiger partial charge in [-0.1, -0.05) is 98.9 Å². The molecule has 0 spiro atoms. The van der Waals surface area contributed by atoms with Crippen LogP contribution in [0, 0.1) is 35.5 Å². The van der Waals surface area contributed by atoms with E-state index >= 15 is 0 Å². The fraction of sp³-hybridized carbons (Fsp3) is 0.613. The molecule has 2 aliphatic heterocycles. The van der Waals surface area contributed by atoms with Crippen LogP contribution in [0.1, 0.15) is 138 Å². The van der Waals surface area contributed by atoms with Crippen LogP contribution in [0.2, 0.25) is 0 Å². The summed E-state index contributed by atoms with van der Waals surface area (Å²) in [6.45, 7) is 4.62. The van der Waals surface area contributed by atoms with Gasteiger partial charge in [0.2, 0.25) is 35.4 Å². The predicted octanol–water partition coefficient (Wildman–Crippen LogP) is 5.19. The van der Waals surface area contributed by atoms with E-state index in [1.165, 1.54) is 0 Å². The summed E-state index contributed by atoms with van der Waals surface area (Å²) in [5.74, 6) is 5.05. The summed E-state index contributed by atoms with van der Waals surface area (Å²) in [5, 5.41) is 32.8. The Morgan fingerprint density at radius 2 is 0.886 bits per heavy atom. The van der Waals surface area contributed by atoms with Gasteiger partial charge in [0.05, 0.1) is 36.4 Å². The standard InChI is InChI=1S/C58H78N8O8.2C2HF3O2/c1-37(59-3)53(67)61-49(39-21-9-7-10-22-39)57(71)65-31-19-29-45(65)55(69)63-51-43-27-15-13-25-41(43)35-47(51)73-33-17-5-6-18-34-74-48-36-42-26-14-16-28-44(42)52(48)64-56(70)46-30-20-32-66(46)58(72)50(40-23-11-8-12-24-40)62-54(68)38(2)60-4;2*3-2(4,5)1(6)7/h13-16,25-28,37-40,45-52,59-60H,7-12,19-24,29-36H2,1-4H3,(H,61,67)(H,62,68)(H,63,69)(H,64,70);2*(H,6,7)/t37-,38-,45-,46-,47+,48+,49-,50-,51-,52-;;/m0../s1. The molecule has 10 atom stereocenters. The quantitative estimate of drug-likeness (QED) is 0.0706. The summed E-state index contributed by atoms with van der Waals surface area (Å²) in [5.41, 5.74) is 4.10. The summed E-state index contributed by atoms with van der Waals surface area (Å²) in [6, 6.07) is 11.5. The van der Waals surface area contributed by atoms with Crippen LogP contribution in [0.3, 0.4) is 0 Å². The first kappa shape index (κ1) is 69.8. The van der Waals surface area contributed by atoms with Crippen LogP contribution in [-0.4, -0.2) is 169 Å². The highest BCUT2D eigenvalue weighted by molar-refractivity contribution is 5.95. The Bertz CT molecular complexity index is 2710. The zero-order valence-electron chi connectivity index (χ0n) is 49.8. The van der Waals surface area contributed by atoms with Gasteiger partial charge in [-0.3, -0.25) is 28.8 Å². The van der Waals surface area contributed by atoms with Gasteiger partial charge >= 0.3 is 24.3 Å². The van der Waals surface area contributed by atoms with Gasteiger partial charge in [0.1, 0.15) is 37.4 Å². The Morgan fingerprint density at radius 3 is 1.22 bits per heavy atom. The summed E-state index contributed by atoms with van der Waals surface area (Å²) in [4.78, 5) is 104. The van der Waals surface area contributed by atoms with Crippen LogP contribution in [-0.2, 0) is 60.7 Å². The van der Waals surface area contributed by atoms with Gasteiger partial charge in [-0.25, -0.2) is 9.59 Å². The van der Waals surface area contributed by atoms with Crippen molar-refractivity contribution in [3.63, 3.8) is 0 Å². The van der Waals surface area contributed by atoms with Gasteiger partial charge in [-0.15, -0.1) is 0 Å². The molecule has 0 radical (unpaired) electrons. The van der Waals surface area contributed by atoms with Crippen LogP contribution in [0.4, 0.5) is 26.3 Å². The lowest BCUT2D eigenvalue weighted by Crippen LogP contribution is -2.58. The van der Waals surface area contributed by atoms with E-state index in [4.69, 9.17) is 29.3 Å². The number of amides is 6. The topological polar surface area (TPSA) is 274 Å². The van der Waals surface area contributed by atoms with Crippen molar-refractivity contribution in [1.82, 2.24) is 41.7 Å². The van der Waals surface area contributed by atoms with Gasteiger partial charge in [-0.2, -0.15) is 26.3 Å². The first-order chi connectivity index (χ1) is 41.9. The Hall–Kier alpha value is -7.26. The smallest absolute Gasteiger partial charge is 0.475 e. The number of hydrogen-bond donors (Lipinski definition) is 8. The Labute approximate surface area is 508 Å². The van der Waals surface area contributed by atoms with Gasteiger partial charge in [0, 0.05) is 25.9 Å². The molecule has 8 rings (SSSR count). The number of carbonyl (C=O) groups excluding carboxylic acids is 6. The third-order valence-electron chi connectivity index (χ3n) is 17.1. The van der Waals surface area contributed by atoms with E-state index in [9.17, 15) is 55.1 Å². The number of carboxylic acid groups (broad SMARTS) is 2. The molecule has 482 valence electrons. The first-order valence-corrected chi connectivity index (χ1v) is 30.0. The van der Waals surface area contributed by atoms with E-state index in [2.05, 4.69) is 55.6 Å². The van der Waals surface area contributed by atoms with Gasteiger partial charge in [-0.05, 0) is 125 Å². The lowest BCUT2D eigenvalue weighted by molar-refractivity contribution is -0.193. The monoisotopic (exact) mass is 1240 g/mol. The number of benzene rings is 2. The van der Waals surface area contributed by atoms with Crippen molar-refractivity contribution in [1.29, 1.82) is 0 Å². The number of aliphatic carboxylic acids is 2. The number of rotatable bonds is 18. The molecule has 0 unspecified atom stereocenters. The molecule has 6 amide bonds. The minimum absolute atomic E-state index is 0.0261. The maximum atomic E-state index is 14.3. The second-order valence-corrected chi connectivity index (χ2v) is 22.9. The molecule has 2 saturated heterocycles. The van der Waals surface area contributed by atoms with Crippen molar-refractivity contribution < 1.29 is 84.4 Å². The van der Waals surface area contributed by atoms with Gasteiger partial charge < -0.3 is 61.4 Å². The molecule has 20 nitrogen and oxygen atoms in total. The zero-order valence-corrected chi connectivity index (χ0v) is 49.8. The number of likely N-dealkylation sites (N-methyl/N-ethyl adjacent to an activating group) is 2. The number of halogens is 6. The van der Waals surface area contributed by atoms with Gasteiger partial charge in [0.25, 0.3) is 0 Å². The second kappa shape index (κ2) is 32.8. The van der Waals surface area contributed by atoms with Crippen molar-refractivity contribution in [2.24, 2.45) is 11.8 Å². The SMILES string of the molecule is CN[C@@H](C)C(=O)N[C@H](C(=O)N1CCC[C@H]1C(=O)N[C@H]1c2ccccc2C[C@H]1OCC#CC#CCO[C@@H]1Cc2ccccc2[C@@H]1NC(=O)[C@@H]1CCCN1C(=O)[C@@H](NC(=O)[C@H](C)NC)C1CCCCC1)C1CCCCC1.O=C(O)C(F)(F)F.O=C(O)C(F)(F)F. The summed E-state index contributed by atoms with van der Waals surface area (Å²) >= 11 is 0. The van der Waals surface area contributed by atoms with Crippen molar-refractivity contribution in [2.75, 3.05) is 40.4 Å². The molecule has 2 aromatic carbocycles. The van der Waals surface area contributed by atoms with Crippen LogP contribution in [0.25, 0.3) is 0 Å². The maximum Gasteiger partial charge on any atom is 0.490 e. The van der Waals surface area contributed by atoms with E-state index in [1.54, 1.807) is 37.7 Å². The first-order valence-electron chi connectivity index (χ1n) is 30.0. The third kappa shape index (κ3) is 19.1. The molecule has 2 aromatic rings. The molecule has 2 saturated carbocycles. The molecule has 4 fully saturated rings. The number of carboxylic acids is 2. The summed E-state index contributed by atoms with van der Waals surface area (Å²) in [6.07, 6.45) is 2.42. The highest BCUT2D eigenvalue weighted by Crippen LogP contribution is 2.37. The largest absolute Gasteiger partial charge is 0.490 e. The zero-order chi connectivity index (χ0) is 64.3. The number of likely N-dealkylation sites (tertiary alicyclic amines) is 2. The minimum atomic E-state index is -5.08. The number of nitrogens with zero attached hydrogens (tertiary/aromatic N) is 2. The van der Waals surface area contributed by atoms with E-state index < -0.39 is 72.6 Å². The average molecular weight is 1240 g/mol. The van der Waals surface area contributed by atoms with Crippen LogP contribution in [0.15, 0.2) is 48.5 Å². The number of carbonyl (C=O) groups is 8. The molecule has 4 aliphatic carbocycles. The normalized spacial score (nSPS) is 23.0. The van der Waals surface area contributed by atoms with E-state index in [0.29, 0.717) is 51.6 Å². The van der Waals surface area contributed by atoms with Gasteiger partial charge in [0.15, 0.2) is 0 Å². The van der Waals surface area contributed by atoms with Crippen molar-refractivity contribution in [3.05, 3.63) is 70.8 Å². The fourth-order valence-corrected chi connectivity index (χ4v) is 12.2. The molecule has 2 heterocycles. The molecule has 0 bridgehead atoms. The van der Waals surface area contributed by atoms with Crippen molar-refractivity contribution in [2.45, 2.75) is 189 Å². The Kier molecular flexibility index (Phi) is 26.0. The van der Waals surface area contributed by atoms with Crippen LogP contribution in [0.5, 0.6) is 0 Å². The number of alkyl halides is 6. The summed E-state index contributed by atoms with van der Waals surface area (Å²) in [7, 11) is 3.44. The molecule has 8 N–H and O–H groups in total. The molecule has 26 heteroatoms. The molecular formula is C62H80F6N8O12. The van der Waals surface area contributed by atoms with Crippen LogP contribution >= 0.6 is 0 Å². The summed E-state index contributed by atoms with van der Waals surface area (Å²) < 4.78 is 76.1. The second-order valence-electron chi connectivity index (χ2n) is 22.9. The Morgan fingerprint density at radius 1 is 0.545 bits per heavy atom. The minimum Gasteiger partial charge on any atom is -0.475 e. The predicted molar refractivity (Wildman–Crippen MR) is 308 cm³/mol. The molecule has 0 aromatic heterocycles. The number of fused-ring (bicyclic) bond motifs is 2. The van der Waals surface area contributed by atoms with Crippen LogP contribution < -0.4 is 31.9 Å². The molecule has 88 heavy (non-hydrogen) atoms. The fourth-order valence-electron chi connectivity index (χ4n) is 12.2. The van der Waals surface area contributed by atoms with E-state index in [-0.39, 0.29) is 72.7 Å². The number of nitrogens with one attached hydrogen (secondary N) is 6. The highest BCUT2D eigenvalue weighted by atomic mass is 19.4. The number of ether oxygens (including phenoxy) is 2. The maximum absolute atomic E-state index is 14.3. The van der Waals surface area contributed by atoms with E-state index in [0.717, 1.165) is 86.5 Å². The third-order valence-corrected chi connectivity index (χ3v) is 17.1. The molecule has 6 aliphatic rings. The lowest BCUT2D eigenvalue weighted by Gasteiger charge is -2.35.